The number of rotatable bonds is 6. The van der Waals surface area contributed by atoms with Crippen LogP contribution in [0.15, 0.2) is 24.5 Å². The summed E-state index contributed by atoms with van der Waals surface area (Å²) in [4.78, 5) is 24.3. The van der Waals surface area contributed by atoms with Crippen molar-refractivity contribution in [3.05, 3.63) is 41.5 Å². The number of carbonyl (C=O) groups excluding carboxylic acids is 1. The van der Waals surface area contributed by atoms with E-state index >= 15 is 0 Å². The minimum atomic E-state index is -0.0405. The van der Waals surface area contributed by atoms with E-state index in [0.29, 0.717) is 43.4 Å². The van der Waals surface area contributed by atoms with Crippen LogP contribution in [0, 0.1) is 6.92 Å². The number of likely N-dealkylation sites (N-methyl/N-ethyl adjacent to an activating group) is 1. The number of fused-ring (bicyclic) bond motifs is 1. The van der Waals surface area contributed by atoms with Crippen LogP contribution in [0.5, 0.6) is 11.5 Å². The summed E-state index contributed by atoms with van der Waals surface area (Å²) in [6.45, 7) is 4.86. The van der Waals surface area contributed by atoms with Crippen molar-refractivity contribution >= 4 is 5.91 Å². The quantitative estimate of drug-likeness (QED) is 0.864. The summed E-state index contributed by atoms with van der Waals surface area (Å²) in [5, 5.41) is 0. The van der Waals surface area contributed by atoms with Crippen molar-refractivity contribution in [2.75, 3.05) is 40.4 Å². The van der Waals surface area contributed by atoms with Crippen molar-refractivity contribution in [3.63, 3.8) is 0 Å². The number of amides is 1. The summed E-state index contributed by atoms with van der Waals surface area (Å²) < 4.78 is 11.1. The third-order valence-electron chi connectivity index (χ3n) is 4.17. The van der Waals surface area contributed by atoms with E-state index in [9.17, 15) is 4.79 Å². The van der Waals surface area contributed by atoms with Crippen LogP contribution >= 0.6 is 0 Å². The van der Waals surface area contributed by atoms with E-state index < -0.39 is 0 Å². The van der Waals surface area contributed by atoms with E-state index in [1.807, 2.05) is 25.9 Å². The molecular weight excluding hydrogens is 320 g/mol. The standard InChI is InChI=1S/C18H24N4O3/c1-13-15(20-12-19-13)11-22(7-6-21(2)3)18(23)14-4-5-16-17(10-14)25-9-8-24-16/h4-5,10,12H,6-9,11H2,1-3H3,(H,19,20). The maximum atomic E-state index is 13.1. The Bertz CT molecular complexity index is 742. The van der Waals surface area contributed by atoms with Gasteiger partial charge in [-0.05, 0) is 39.2 Å². The van der Waals surface area contributed by atoms with Crippen molar-refractivity contribution < 1.29 is 14.3 Å². The van der Waals surface area contributed by atoms with Gasteiger partial charge in [-0.2, -0.15) is 0 Å². The topological polar surface area (TPSA) is 70.7 Å². The largest absolute Gasteiger partial charge is 0.486 e. The summed E-state index contributed by atoms with van der Waals surface area (Å²) in [6.07, 6.45) is 1.66. The third-order valence-corrected chi connectivity index (χ3v) is 4.17. The molecule has 0 saturated heterocycles. The number of benzene rings is 1. The molecule has 2 aromatic rings. The molecule has 1 aromatic carbocycles. The maximum absolute atomic E-state index is 13.1. The first-order valence-electron chi connectivity index (χ1n) is 8.37. The Kier molecular flexibility index (Phi) is 5.23. The lowest BCUT2D eigenvalue weighted by molar-refractivity contribution is 0.0728. The van der Waals surface area contributed by atoms with Crippen molar-refractivity contribution in [3.8, 4) is 11.5 Å². The molecule has 134 valence electrons. The zero-order valence-corrected chi connectivity index (χ0v) is 14.9. The van der Waals surface area contributed by atoms with Gasteiger partial charge in [0.25, 0.3) is 5.91 Å². The second kappa shape index (κ2) is 7.57. The molecule has 25 heavy (non-hydrogen) atoms. The number of carbonyl (C=O) groups is 1. The van der Waals surface area contributed by atoms with Gasteiger partial charge in [-0.15, -0.1) is 0 Å². The Labute approximate surface area is 147 Å². The first kappa shape index (κ1) is 17.3. The van der Waals surface area contributed by atoms with Gasteiger partial charge >= 0.3 is 0 Å². The molecule has 1 amide bonds. The van der Waals surface area contributed by atoms with Crippen molar-refractivity contribution in [1.29, 1.82) is 0 Å². The van der Waals surface area contributed by atoms with Gasteiger partial charge < -0.3 is 24.3 Å². The van der Waals surface area contributed by atoms with Gasteiger partial charge in [-0.3, -0.25) is 4.79 Å². The molecule has 0 atom stereocenters. The van der Waals surface area contributed by atoms with Gasteiger partial charge in [0.05, 0.1) is 18.6 Å². The Morgan fingerprint density at radius 3 is 2.64 bits per heavy atom. The fourth-order valence-electron chi connectivity index (χ4n) is 2.66. The molecule has 7 heteroatoms. The lowest BCUT2D eigenvalue weighted by atomic mass is 10.1. The molecule has 3 rings (SSSR count). The smallest absolute Gasteiger partial charge is 0.254 e. The van der Waals surface area contributed by atoms with E-state index in [4.69, 9.17) is 9.47 Å². The predicted molar refractivity (Wildman–Crippen MR) is 94.1 cm³/mol. The molecule has 0 bridgehead atoms. The molecule has 1 aliphatic heterocycles. The second-order valence-electron chi connectivity index (χ2n) is 6.36. The molecule has 0 aliphatic carbocycles. The normalized spacial score (nSPS) is 13.1. The van der Waals surface area contributed by atoms with Crippen LogP contribution in [-0.2, 0) is 6.54 Å². The maximum Gasteiger partial charge on any atom is 0.254 e. The Morgan fingerprint density at radius 2 is 1.96 bits per heavy atom. The van der Waals surface area contributed by atoms with Gasteiger partial charge in [0.15, 0.2) is 11.5 Å². The van der Waals surface area contributed by atoms with Crippen LogP contribution in [0.2, 0.25) is 0 Å². The summed E-state index contributed by atoms with van der Waals surface area (Å²) in [7, 11) is 3.99. The summed E-state index contributed by atoms with van der Waals surface area (Å²) in [5.74, 6) is 1.27. The van der Waals surface area contributed by atoms with Crippen LogP contribution in [0.3, 0.4) is 0 Å². The first-order chi connectivity index (χ1) is 12.0. The number of nitrogens with zero attached hydrogens (tertiary/aromatic N) is 3. The molecule has 0 unspecified atom stereocenters. The minimum absolute atomic E-state index is 0.0405. The highest BCUT2D eigenvalue weighted by molar-refractivity contribution is 5.95. The zero-order valence-electron chi connectivity index (χ0n) is 14.9. The van der Waals surface area contributed by atoms with Crippen molar-refractivity contribution in [2.45, 2.75) is 13.5 Å². The van der Waals surface area contributed by atoms with Crippen LogP contribution in [-0.4, -0.2) is 66.1 Å². The summed E-state index contributed by atoms with van der Waals surface area (Å²) in [5.41, 5.74) is 2.45. The van der Waals surface area contributed by atoms with E-state index in [1.54, 1.807) is 24.5 Å². The zero-order chi connectivity index (χ0) is 17.8. The van der Waals surface area contributed by atoms with Crippen LogP contribution in [0.25, 0.3) is 0 Å². The number of aromatic amines is 1. The van der Waals surface area contributed by atoms with E-state index in [1.165, 1.54) is 0 Å². The lowest BCUT2D eigenvalue weighted by Crippen LogP contribution is -2.36. The van der Waals surface area contributed by atoms with Gasteiger partial charge in [0.2, 0.25) is 0 Å². The fraction of sp³-hybridized carbons (Fsp3) is 0.444. The molecule has 0 saturated carbocycles. The number of nitrogens with one attached hydrogen (secondary N) is 1. The Morgan fingerprint density at radius 1 is 1.20 bits per heavy atom. The van der Waals surface area contributed by atoms with Crippen molar-refractivity contribution in [1.82, 2.24) is 19.8 Å². The molecule has 2 heterocycles. The predicted octanol–water partition coefficient (Wildman–Crippen LogP) is 1.69. The SMILES string of the molecule is Cc1[nH]cnc1CN(CCN(C)C)C(=O)c1ccc2c(c1)OCCO2. The molecule has 0 radical (unpaired) electrons. The number of aryl methyl sites for hydroxylation is 1. The molecular formula is C18H24N4O3. The monoisotopic (exact) mass is 344 g/mol. The third kappa shape index (κ3) is 4.11. The number of imidazole rings is 1. The second-order valence-corrected chi connectivity index (χ2v) is 6.36. The van der Waals surface area contributed by atoms with Crippen LogP contribution < -0.4 is 9.47 Å². The summed E-state index contributed by atoms with van der Waals surface area (Å²) in [6, 6.07) is 5.35. The Hall–Kier alpha value is -2.54. The number of ether oxygens (including phenoxy) is 2. The van der Waals surface area contributed by atoms with Crippen LogP contribution in [0.4, 0.5) is 0 Å². The average Bonchev–Trinajstić information content (AvgIpc) is 3.02. The molecule has 0 fully saturated rings. The molecule has 0 spiro atoms. The summed E-state index contributed by atoms with van der Waals surface area (Å²) >= 11 is 0. The van der Waals surface area contributed by atoms with E-state index in [-0.39, 0.29) is 5.91 Å². The van der Waals surface area contributed by atoms with Crippen LogP contribution in [0.1, 0.15) is 21.7 Å². The number of H-pyrrole nitrogens is 1. The van der Waals surface area contributed by atoms with Crippen molar-refractivity contribution in [2.24, 2.45) is 0 Å². The molecule has 1 aliphatic rings. The Balaban J connectivity index is 1.81. The fourth-order valence-corrected chi connectivity index (χ4v) is 2.66. The highest BCUT2D eigenvalue weighted by Gasteiger charge is 2.21. The lowest BCUT2D eigenvalue weighted by Gasteiger charge is -2.25. The molecule has 1 N–H and O–H groups in total. The number of hydrogen-bond donors (Lipinski definition) is 1. The van der Waals surface area contributed by atoms with Gasteiger partial charge in [-0.1, -0.05) is 0 Å². The van der Waals surface area contributed by atoms with Gasteiger partial charge in [0.1, 0.15) is 13.2 Å². The number of hydrogen-bond acceptors (Lipinski definition) is 5. The average molecular weight is 344 g/mol. The minimum Gasteiger partial charge on any atom is -0.486 e. The first-order valence-corrected chi connectivity index (χ1v) is 8.37. The van der Waals surface area contributed by atoms with E-state index in [2.05, 4.69) is 14.9 Å². The molecule has 7 nitrogen and oxygen atoms in total. The molecule has 1 aromatic heterocycles. The van der Waals surface area contributed by atoms with Gasteiger partial charge in [0, 0.05) is 24.3 Å². The van der Waals surface area contributed by atoms with E-state index in [0.717, 1.165) is 17.9 Å². The van der Waals surface area contributed by atoms with Gasteiger partial charge in [-0.25, -0.2) is 4.98 Å². The highest BCUT2D eigenvalue weighted by Crippen LogP contribution is 2.31. The number of aromatic nitrogens is 2. The highest BCUT2D eigenvalue weighted by atomic mass is 16.6.